The highest BCUT2D eigenvalue weighted by molar-refractivity contribution is 5.94. The van der Waals surface area contributed by atoms with Crippen LogP contribution in [0.3, 0.4) is 0 Å². The average Bonchev–Trinajstić information content (AvgIpc) is 2.75. The minimum Gasteiger partial charge on any atom is -0.497 e. The molecule has 144 valence electrons. The predicted octanol–water partition coefficient (Wildman–Crippen LogP) is 4.25. The van der Waals surface area contributed by atoms with E-state index in [4.69, 9.17) is 4.74 Å². The lowest BCUT2D eigenvalue weighted by molar-refractivity contribution is -0.383. The van der Waals surface area contributed by atoms with Gasteiger partial charge in [-0.2, -0.15) is 5.10 Å². The summed E-state index contributed by atoms with van der Waals surface area (Å²) in [6, 6.07) is 18.9. The molecule has 0 atom stereocenters. The fourth-order valence-corrected chi connectivity index (χ4v) is 3.10. The first-order chi connectivity index (χ1) is 14.1. The molecule has 0 aliphatic carbocycles. The Kier molecular flexibility index (Phi) is 4.66. The first-order valence-electron chi connectivity index (χ1n) is 8.74. The number of hydrogen-bond donors (Lipinski definition) is 2. The van der Waals surface area contributed by atoms with Crippen LogP contribution in [0.25, 0.3) is 22.0 Å². The zero-order valence-corrected chi connectivity index (χ0v) is 15.4. The van der Waals surface area contributed by atoms with Crippen LogP contribution in [-0.4, -0.2) is 22.2 Å². The third kappa shape index (κ3) is 3.51. The number of aromatic nitrogens is 2. The second-order valence-corrected chi connectivity index (χ2v) is 6.29. The summed E-state index contributed by atoms with van der Waals surface area (Å²) in [5.41, 5.74) is 1.63. The first-order valence-corrected chi connectivity index (χ1v) is 8.74. The molecule has 0 aliphatic rings. The summed E-state index contributed by atoms with van der Waals surface area (Å²) in [5, 5.41) is 22.4. The van der Waals surface area contributed by atoms with Crippen LogP contribution in [-0.2, 0) is 0 Å². The van der Waals surface area contributed by atoms with Gasteiger partial charge in [0, 0.05) is 22.7 Å². The maximum absolute atomic E-state index is 12.0. The number of benzene rings is 3. The molecule has 0 bridgehead atoms. The predicted molar refractivity (Wildman–Crippen MR) is 111 cm³/mol. The molecule has 0 saturated carbocycles. The van der Waals surface area contributed by atoms with Crippen LogP contribution in [0.2, 0.25) is 0 Å². The van der Waals surface area contributed by atoms with Gasteiger partial charge in [0.05, 0.1) is 23.1 Å². The number of ether oxygens (including phenoxy) is 1. The Hall–Kier alpha value is -4.20. The number of aromatic amines is 1. The van der Waals surface area contributed by atoms with Crippen molar-refractivity contribution in [3.05, 3.63) is 87.2 Å². The molecule has 8 heteroatoms. The third-order valence-electron chi connectivity index (χ3n) is 4.53. The minimum atomic E-state index is -0.455. The van der Waals surface area contributed by atoms with Crippen molar-refractivity contribution in [1.82, 2.24) is 10.2 Å². The fraction of sp³-hybridized carbons (Fsp3) is 0.0476. The molecule has 0 spiro atoms. The van der Waals surface area contributed by atoms with Crippen molar-refractivity contribution in [2.45, 2.75) is 0 Å². The van der Waals surface area contributed by atoms with Gasteiger partial charge in [-0.25, -0.2) is 5.10 Å². The number of fused-ring (bicyclic) bond motifs is 1. The minimum absolute atomic E-state index is 0.101. The van der Waals surface area contributed by atoms with Gasteiger partial charge < -0.3 is 10.1 Å². The topological polar surface area (TPSA) is 110 Å². The zero-order valence-electron chi connectivity index (χ0n) is 15.4. The second kappa shape index (κ2) is 7.43. The summed E-state index contributed by atoms with van der Waals surface area (Å²) in [6.45, 7) is 0. The molecule has 1 heterocycles. The van der Waals surface area contributed by atoms with E-state index in [0.29, 0.717) is 39.2 Å². The Labute approximate surface area is 164 Å². The Morgan fingerprint density at radius 1 is 1.03 bits per heavy atom. The number of methoxy groups -OCH3 is 1. The fourth-order valence-electron chi connectivity index (χ4n) is 3.10. The summed E-state index contributed by atoms with van der Waals surface area (Å²) in [6.07, 6.45) is 0. The molecule has 8 nitrogen and oxygen atoms in total. The highest BCUT2D eigenvalue weighted by Gasteiger charge is 2.18. The standard InChI is InChI=1S/C21H16N4O4/c1-29-15-9-7-14(8-10-15)22-18-11-6-13(12-19(18)25(27)28)20-16-4-2-3-5-17(16)21(26)24-23-20/h2-12,22H,1H3,(H,24,26). The lowest BCUT2D eigenvalue weighted by atomic mass is 10.0. The number of nitro benzene ring substituents is 1. The number of nitro groups is 1. The summed E-state index contributed by atoms with van der Waals surface area (Å²) in [4.78, 5) is 23.2. The number of hydrogen-bond acceptors (Lipinski definition) is 6. The maximum atomic E-state index is 12.0. The van der Waals surface area contributed by atoms with Gasteiger partial charge in [0.1, 0.15) is 11.4 Å². The van der Waals surface area contributed by atoms with Gasteiger partial charge in [0.25, 0.3) is 11.2 Å². The summed E-state index contributed by atoms with van der Waals surface area (Å²) in [7, 11) is 1.57. The molecule has 4 aromatic rings. The SMILES string of the molecule is COc1ccc(Nc2ccc(-c3n[nH]c(=O)c4ccccc34)cc2[N+](=O)[O-])cc1. The number of rotatable bonds is 5. The van der Waals surface area contributed by atoms with Crippen LogP contribution in [0, 0.1) is 10.1 Å². The molecule has 0 unspecified atom stereocenters. The van der Waals surface area contributed by atoms with Crippen molar-refractivity contribution in [1.29, 1.82) is 0 Å². The molecule has 4 rings (SSSR count). The van der Waals surface area contributed by atoms with Crippen molar-refractivity contribution in [3.8, 4) is 17.0 Å². The van der Waals surface area contributed by atoms with Crippen LogP contribution in [0.15, 0.2) is 71.5 Å². The van der Waals surface area contributed by atoms with E-state index in [0.717, 1.165) is 0 Å². The van der Waals surface area contributed by atoms with Gasteiger partial charge >= 0.3 is 0 Å². The van der Waals surface area contributed by atoms with Crippen LogP contribution >= 0.6 is 0 Å². The molecule has 29 heavy (non-hydrogen) atoms. The lowest BCUT2D eigenvalue weighted by Gasteiger charge is -2.10. The van der Waals surface area contributed by atoms with Crippen LogP contribution < -0.4 is 15.6 Å². The molecule has 2 N–H and O–H groups in total. The Balaban J connectivity index is 1.78. The number of H-pyrrole nitrogens is 1. The van der Waals surface area contributed by atoms with E-state index in [1.807, 2.05) is 0 Å². The van der Waals surface area contributed by atoms with E-state index < -0.39 is 4.92 Å². The van der Waals surface area contributed by atoms with Crippen molar-refractivity contribution in [2.75, 3.05) is 12.4 Å². The van der Waals surface area contributed by atoms with Gasteiger partial charge in [0.15, 0.2) is 0 Å². The van der Waals surface area contributed by atoms with Gasteiger partial charge in [0.2, 0.25) is 0 Å². The van der Waals surface area contributed by atoms with Crippen molar-refractivity contribution in [2.24, 2.45) is 0 Å². The van der Waals surface area contributed by atoms with E-state index in [1.54, 1.807) is 67.8 Å². The molecule has 1 aromatic heterocycles. The van der Waals surface area contributed by atoms with E-state index in [-0.39, 0.29) is 11.2 Å². The van der Waals surface area contributed by atoms with Crippen molar-refractivity contribution >= 4 is 27.8 Å². The van der Waals surface area contributed by atoms with E-state index in [9.17, 15) is 14.9 Å². The monoisotopic (exact) mass is 388 g/mol. The molecule has 0 aliphatic heterocycles. The summed E-state index contributed by atoms with van der Waals surface area (Å²) >= 11 is 0. The number of nitrogens with zero attached hydrogens (tertiary/aromatic N) is 2. The third-order valence-corrected chi connectivity index (χ3v) is 4.53. The first kappa shape index (κ1) is 18.2. The molecule has 0 amide bonds. The van der Waals surface area contributed by atoms with Gasteiger partial charge in [-0.1, -0.05) is 24.3 Å². The van der Waals surface area contributed by atoms with Gasteiger partial charge in [-0.3, -0.25) is 14.9 Å². The Morgan fingerprint density at radius 3 is 2.45 bits per heavy atom. The maximum Gasteiger partial charge on any atom is 0.293 e. The summed E-state index contributed by atoms with van der Waals surface area (Å²) in [5.74, 6) is 0.691. The normalized spacial score (nSPS) is 10.7. The Morgan fingerprint density at radius 2 is 1.76 bits per heavy atom. The smallest absolute Gasteiger partial charge is 0.293 e. The molecule has 3 aromatic carbocycles. The van der Waals surface area contributed by atoms with Crippen LogP contribution in [0.1, 0.15) is 0 Å². The van der Waals surface area contributed by atoms with E-state index >= 15 is 0 Å². The van der Waals surface area contributed by atoms with Gasteiger partial charge in [-0.15, -0.1) is 0 Å². The highest BCUT2D eigenvalue weighted by atomic mass is 16.6. The van der Waals surface area contributed by atoms with Crippen LogP contribution in [0.4, 0.5) is 17.1 Å². The highest BCUT2D eigenvalue weighted by Crippen LogP contribution is 2.34. The average molecular weight is 388 g/mol. The molecule has 0 radical (unpaired) electrons. The van der Waals surface area contributed by atoms with Crippen LogP contribution in [0.5, 0.6) is 5.75 Å². The van der Waals surface area contributed by atoms with Crippen molar-refractivity contribution < 1.29 is 9.66 Å². The zero-order chi connectivity index (χ0) is 20.4. The van der Waals surface area contributed by atoms with E-state index in [2.05, 4.69) is 15.5 Å². The van der Waals surface area contributed by atoms with E-state index in [1.165, 1.54) is 6.07 Å². The molecule has 0 saturated heterocycles. The molecule has 0 fully saturated rings. The Bertz CT molecular complexity index is 1270. The molecular weight excluding hydrogens is 372 g/mol. The van der Waals surface area contributed by atoms with Gasteiger partial charge in [-0.05, 0) is 36.4 Å². The summed E-state index contributed by atoms with van der Waals surface area (Å²) < 4.78 is 5.12. The van der Waals surface area contributed by atoms with Crippen molar-refractivity contribution in [3.63, 3.8) is 0 Å². The number of anilines is 2. The molecular formula is C21H16N4O4. The largest absolute Gasteiger partial charge is 0.497 e. The lowest BCUT2D eigenvalue weighted by Crippen LogP contribution is -2.09. The number of nitrogens with one attached hydrogen (secondary N) is 2. The quantitative estimate of drug-likeness (QED) is 0.391. The second-order valence-electron chi connectivity index (χ2n) is 6.29.